The van der Waals surface area contributed by atoms with Crippen LogP contribution >= 0.6 is 0 Å². The molecular weight excluding hydrogens is 650 g/mol. The van der Waals surface area contributed by atoms with Gasteiger partial charge in [-0.05, 0) is 66.3 Å². The van der Waals surface area contributed by atoms with Gasteiger partial charge in [-0.25, -0.2) is 13.1 Å². The smallest absolute Gasteiger partial charge is 0.241 e. The molecule has 3 N–H and O–H groups in total. The van der Waals surface area contributed by atoms with Crippen molar-refractivity contribution in [3.05, 3.63) is 136 Å². The molecule has 4 aromatic rings. The second kappa shape index (κ2) is 16.6. The molecule has 0 aliphatic carbocycles. The fraction of sp³-hybridized carbons (Fsp3) is 0.368. The molecule has 0 unspecified atom stereocenters. The van der Waals surface area contributed by atoms with Gasteiger partial charge in [-0.3, -0.25) is 0 Å². The zero-order chi connectivity index (χ0) is 31.9. The van der Waals surface area contributed by atoms with Crippen LogP contribution in [0.1, 0.15) is 116 Å². The zero-order valence-corrected chi connectivity index (χ0v) is 30.3. The molecule has 0 bridgehead atoms. The van der Waals surface area contributed by atoms with Gasteiger partial charge in [-0.1, -0.05) is 149 Å². The second-order valence-electron chi connectivity index (χ2n) is 12.6. The van der Waals surface area contributed by atoms with E-state index in [1.165, 1.54) is 16.7 Å². The van der Waals surface area contributed by atoms with Gasteiger partial charge in [0.05, 0.1) is 17.0 Å². The summed E-state index contributed by atoms with van der Waals surface area (Å²) in [6.45, 7) is 18.8. The third kappa shape index (κ3) is 9.94. The Morgan fingerprint density at radius 2 is 0.955 bits per heavy atom. The molecule has 0 heterocycles. The number of aryl methyl sites for hydroxylation is 3. The summed E-state index contributed by atoms with van der Waals surface area (Å²) in [4.78, 5) is 0.392. The number of sulfonamides is 1. The maximum atomic E-state index is 14.1. The van der Waals surface area contributed by atoms with Crippen molar-refractivity contribution in [2.75, 3.05) is 0 Å². The monoisotopic (exact) mass is 700 g/mol. The maximum absolute atomic E-state index is 14.1. The van der Waals surface area contributed by atoms with E-state index in [9.17, 15) is 8.42 Å². The second-order valence-corrected chi connectivity index (χ2v) is 14.3. The first-order valence-electron chi connectivity index (χ1n) is 15.3. The Labute approximate surface area is 279 Å². The van der Waals surface area contributed by atoms with Gasteiger partial charge < -0.3 is 5.73 Å². The summed E-state index contributed by atoms with van der Waals surface area (Å²) >= 11 is 0. The molecule has 0 spiro atoms. The average molecular weight is 700 g/mol. The van der Waals surface area contributed by atoms with Crippen LogP contribution in [-0.2, 0) is 29.5 Å². The Hall–Kier alpha value is -2.63. The van der Waals surface area contributed by atoms with E-state index in [0.717, 1.165) is 27.8 Å². The Kier molecular flexibility index (Phi) is 14.2. The minimum Gasteiger partial charge on any atom is -0.322 e. The van der Waals surface area contributed by atoms with E-state index in [1.807, 2.05) is 88.4 Å². The Morgan fingerprint density at radius 1 is 0.568 bits per heavy atom. The van der Waals surface area contributed by atoms with Crippen molar-refractivity contribution in [3.8, 4) is 0 Å². The van der Waals surface area contributed by atoms with Crippen LogP contribution in [0.2, 0.25) is 0 Å². The molecule has 238 valence electrons. The van der Waals surface area contributed by atoms with E-state index < -0.39 is 22.1 Å². The molecule has 44 heavy (non-hydrogen) atoms. The zero-order valence-electron chi connectivity index (χ0n) is 27.7. The van der Waals surface area contributed by atoms with Crippen LogP contribution in [0.5, 0.6) is 0 Å². The van der Waals surface area contributed by atoms with E-state index >= 15 is 0 Å². The number of hydrogen-bond donors (Lipinski definition) is 2. The minimum atomic E-state index is -3.88. The number of nitrogens with one attached hydrogen (secondary N) is 1. The largest absolute Gasteiger partial charge is 0.322 e. The summed E-state index contributed by atoms with van der Waals surface area (Å²) in [5.74, 6) is 0.421. The molecule has 0 aromatic heterocycles. The van der Waals surface area contributed by atoms with Gasteiger partial charge in [0.1, 0.15) is 0 Å². The average Bonchev–Trinajstić information content (AvgIpc) is 2.95. The van der Waals surface area contributed by atoms with Gasteiger partial charge in [0.15, 0.2) is 0 Å². The normalized spacial score (nSPS) is 12.8. The molecule has 0 aliphatic heterocycles. The van der Waals surface area contributed by atoms with Crippen LogP contribution in [0.25, 0.3) is 0 Å². The van der Waals surface area contributed by atoms with Gasteiger partial charge in [0.25, 0.3) is 0 Å². The van der Waals surface area contributed by atoms with Crippen molar-refractivity contribution >= 4 is 10.0 Å². The van der Waals surface area contributed by atoms with Crippen LogP contribution in [0.3, 0.4) is 0 Å². The first-order valence-corrected chi connectivity index (χ1v) is 16.8. The SMILES string of the molecule is CC(C)c1cc(C(C)C)c(S(=O)(=O)N[C@H](c2ccccc2)[C@H](N)c2ccccc2)c(C(C)C)c1.Cc1cc(C)cc(C)c1.[Ru]. The minimum absolute atomic E-state index is 0. The van der Waals surface area contributed by atoms with E-state index in [1.54, 1.807) is 0 Å². The van der Waals surface area contributed by atoms with Crippen LogP contribution in [0.4, 0.5) is 0 Å². The molecule has 0 saturated carbocycles. The first kappa shape index (κ1) is 37.6. The molecule has 0 saturated heterocycles. The summed E-state index contributed by atoms with van der Waals surface area (Å²) < 4.78 is 31.2. The van der Waals surface area contributed by atoms with Gasteiger partial charge in [-0.2, -0.15) is 0 Å². The van der Waals surface area contributed by atoms with E-state index in [-0.39, 0.29) is 31.3 Å². The summed E-state index contributed by atoms with van der Waals surface area (Å²) in [6.07, 6.45) is 0. The van der Waals surface area contributed by atoms with Gasteiger partial charge >= 0.3 is 0 Å². The van der Waals surface area contributed by atoms with Crippen molar-refractivity contribution in [1.82, 2.24) is 4.72 Å². The first-order chi connectivity index (χ1) is 20.2. The maximum Gasteiger partial charge on any atom is 0.241 e. The van der Waals surface area contributed by atoms with Crippen molar-refractivity contribution in [3.63, 3.8) is 0 Å². The van der Waals surface area contributed by atoms with Gasteiger partial charge in [-0.15, -0.1) is 0 Å². The Balaban J connectivity index is 0.000000579. The van der Waals surface area contributed by atoms with Crippen molar-refractivity contribution in [2.24, 2.45) is 5.73 Å². The number of rotatable bonds is 9. The van der Waals surface area contributed by atoms with Crippen molar-refractivity contribution in [1.29, 1.82) is 0 Å². The van der Waals surface area contributed by atoms with Gasteiger partial charge in [0, 0.05) is 19.5 Å². The van der Waals surface area contributed by atoms with E-state index in [4.69, 9.17) is 5.73 Å². The molecule has 2 atom stereocenters. The van der Waals surface area contributed by atoms with Crippen LogP contribution < -0.4 is 10.5 Å². The van der Waals surface area contributed by atoms with E-state index in [0.29, 0.717) is 10.8 Å². The van der Waals surface area contributed by atoms with Crippen LogP contribution in [-0.4, -0.2) is 8.42 Å². The topological polar surface area (TPSA) is 72.2 Å². The molecule has 0 amide bonds. The Bertz CT molecular complexity index is 1500. The quantitative estimate of drug-likeness (QED) is 0.171. The molecule has 0 fully saturated rings. The molecular formula is C38H50N2O2RuS. The third-order valence-corrected chi connectivity index (χ3v) is 9.27. The molecule has 0 aliphatic rings. The third-order valence-electron chi connectivity index (χ3n) is 7.70. The predicted octanol–water partition coefficient (Wildman–Crippen LogP) is 9.39. The van der Waals surface area contributed by atoms with Crippen molar-refractivity contribution < 1.29 is 27.9 Å². The number of nitrogens with two attached hydrogens (primary N) is 1. The Morgan fingerprint density at radius 3 is 1.32 bits per heavy atom. The van der Waals surface area contributed by atoms with Crippen LogP contribution in [0, 0.1) is 20.8 Å². The fourth-order valence-corrected chi connectivity index (χ4v) is 7.45. The molecule has 6 heteroatoms. The summed E-state index contributed by atoms with van der Waals surface area (Å²) in [6, 6.07) is 28.7. The number of hydrogen-bond acceptors (Lipinski definition) is 3. The molecule has 0 radical (unpaired) electrons. The van der Waals surface area contributed by atoms with Gasteiger partial charge in [0.2, 0.25) is 10.0 Å². The summed E-state index contributed by atoms with van der Waals surface area (Å²) in [5.41, 5.74) is 15.3. The molecule has 4 aromatic carbocycles. The number of benzene rings is 4. The summed E-state index contributed by atoms with van der Waals surface area (Å²) in [5, 5.41) is 0. The van der Waals surface area contributed by atoms with E-state index in [2.05, 4.69) is 69.7 Å². The van der Waals surface area contributed by atoms with Crippen molar-refractivity contribution in [2.45, 2.75) is 97.0 Å². The summed E-state index contributed by atoms with van der Waals surface area (Å²) in [7, 11) is -3.88. The standard InChI is InChI=1S/C29H38N2O2S.C9H12.Ru/c1-19(2)24-17-25(20(3)4)29(26(18-24)21(5)6)34(32,33)31-28(23-15-11-8-12-16-23)27(30)22-13-9-7-10-14-22;1-7-4-8(2)6-9(3)5-7;/h7-21,27-28,31H,30H2,1-6H3;4-6H,1-3H3;/t27-,28-;;/m1../s1. The molecule has 4 rings (SSSR count). The predicted molar refractivity (Wildman–Crippen MR) is 182 cm³/mol. The fourth-order valence-electron chi connectivity index (χ4n) is 5.51. The molecule has 4 nitrogen and oxygen atoms in total. The van der Waals surface area contributed by atoms with Crippen LogP contribution in [0.15, 0.2) is 95.9 Å².